The summed E-state index contributed by atoms with van der Waals surface area (Å²) in [6.07, 6.45) is -0.440. The van der Waals surface area contributed by atoms with Gasteiger partial charge in [-0.2, -0.15) is 0 Å². The normalized spacial score (nSPS) is 8.62. The number of carbonyl (C=O) groups is 2. The van der Waals surface area contributed by atoms with Crippen LogP contribution in [0, 0.1) is 0 Å². The molecule has 0 aliphatic rings. The molecule has 0 spiro atoms. The van der Waals surface area contributed by atoms with Crippen molar-refractivity contribution in [2.45, 2.75) is 6.42 Å². The van der Waals surface area contributed by atoms with Crippen LogP contribution in [0.15, 0.2) is 30.3 Å². The Kier molecular flexibility index (Phi) is 5.13. The summed E-state index contributed by atoms with van der Waals surface area (Å²) in [6, 6.07) is 8.39. The molecule has 0 aliphatic heterocycles. The molecule has 13 heavy (non-hydrogen) atoms. The van der Waals surface area contributed by atoms with Crippen molar-refractivity contribution in [2.75, 3.05) is 0 Å². The van der Waals surface area contributed by atoms with Crippen LogP contribution in [0.3, 0.4) is 0 Å². The number of hydrogen-bond donors (Lipinski definition) is 1. The summed E-state index contributed by atoms with van der Waals surface area (Å²) in [5.41, 5.74) is 0.444. The molecule has 1 N–H and O–H groups in total. The van der Waals surface area contributed by atoms with Crippen molar-refractivity contribution in [3.63, 3.8) is 0 Å². The minimum atomic E-state index is -1.09. The Morgan fingerprint density at radius 2 is 1.69 bits per heavy atom. The first kappa shape index (κ1) is 12.0. The van der Waals surface area contributed by atoms with E-state index in [1.807, 2.05) is 0 Å². The van der Waals surface area contributed by atoms with Crippen LogP contribution < -0.4 is 0 Å². The average molecular weight is 171 g/mol. The van der Waals surface area contributed by atoms with Crippen molar-refractivity contribution < 1.29 is 14.7 Å². The fourth-order valence-electron chi connectivity index (χ4n) is 0.863. The smallest absolute Gasteiger partial charge is 0.311 e. The molecule has 4 heteroatoms. The summed E-state index contributed by atoms with van der Waals surface area (Å²) in [7, 11) is 0. The number of ketones is 1. The SMILES string of the molecule is O=C(O)CC(=O)c1ccccc1.[Li]. The number of aliphatic carboxylic acids is 1. The molecule has 0 aliphatic carbocycles. The van der Waals surface area contributed by atoms with E-state index in [1.54, 1.807) is 30.3 Å². The van der Waals surface area contributed by atoms with Crippen LogP contribution in [-0.4, -0.2) is 35.7 Å². The van der Waals surface area contributed by atoms with Crippen LogP contribution in [0.4, 0.5) is 0 Å². The van der Waals surface area contributed by atoms with E-state index in [-0.39, 0.29) is 24.6 Å². The minimum Gasteiger partial charge on any atom is -0.481 e. The van der Waals surface area contributed by atoms with Crippen molar-refractivity contribution in [3.8, 4) is 0 Å². The van der Waals surface area contributed by atoms with Gasteiger partial charge in [0.05, 0.1) is 0 Å². The second-order valence-electron chi connectivity index (χ2n) is 2.36. The van der Waals surface area contributed by atoms with Crippen LogP contribution in [0.25, 0.3) is 0 Å². The molecule has 0 atom stereocenters. The van der Waals surface area contributed by atoms with Crippen molar-refractivity contribution in [2.24, 2.45) is 0 Å². The summed E-state index contributed by atoms with van der Waals surface area (Å²) in [5, 5.41) is 8.32. The predicted octanol–water partition coefficient (Wildman–Crippen LogP) is 0.963. The van der Waals surface area contributed by atoms with Crippen molar-refractivity contribution in [1.82, 2.24) is 0 Å². The molecule has 0 amide bonds. The van der Waals surface area contributed by atoms with Crippen molar-refractivity contribution in [3.05, 3.63) is 35.9 Å². The molecule has 0 fully saturated rings. The van der Waals surface area contributed by atoms with E-state index >= 15 is 0 Å². The maximum absolute atomic E-state index is 11.1. The third-order valence-electron chi connectivity index (χ3n) is 1.41. The number of hydrogen-bond acceptors (Lipinski definition) is 2. The topological polar surface area (TPSA) is 54.4 Å². The largest absolute Gasteiger partial charge is 0.481 e. The molecule has 0 bridgehead atoms. The van der Waals surface area contributed by atoms with Crippen LogP contribution in [0.1, 0.15) is 16.8 Å². The molecular weight excluding hydrogens is 163 g/mol. The Balaban J connectivity index is 0.00000144. The van der Waals surface area contributed by atoms with E-state index in [4.69, 9.17) is 5.11 Å². The fourth-order valence-corrected chi connectivity index (χ4v) is 0.863. The molecule has 1 radical (unpaired) electrons. The molecule has 1 rings (SSSR count). The van der Waals surface area contributed by atoms with Gasteiger partial charge < -0.3 is 5.11 Å². The molecule has 0 aromatic heterocycles. The molecule has 1 aromatic rings. The Morgan fingerprint density at radius 3 is 2.15 bits per heavy atom. The first-order chi connectivity index (χ1) is 5.70. The number of carboxylic acids is 1. The molecular formula is C9H8LiO3. The minimum absolute atomic E-state index is 0. The third kappa shape index (κ3) is 3.93. The number of carbonyl (C=O) groups excluding carboxylic acids is 1. The van der Waals surface area contributed by atoms with Gasteiger partial charge >= 0.3 is 5.97 Å². The van der Waals surface area contributed by atoms with Gasteiger partial charge in [-0.05, 0) is 0 Å². The molecule has 0 heterocycles. The molecule has 0 unspecified atom stereocenters. The van der Waals surface area contributed by atoms with Crippen LogP contribution in [-0.2, 0) is 4.79 Å². The maximum Gasteiger partial charge on any atom is 0.311 e. The van der Waals surface area contributed by atoms with E-state index in [2.05, 4.69) is 0 Å². The average Bonchev–Trinajstić information content (AvgIpc) is 2.05. The Labute approximate surface area is 87.9 Å². The maximum atomic E-state index is 11.1. The number of rotatable bonds is 3. The standard InChI is InChI=1S/C9H8O3.Li/c10-8(6-9(11)12)7-4-2-1-3-5-7;/h1-5H,6H2,(H,11,12);. The Bertz CT molecular complexity index is 295. The number of Topliss-reactive ketones (excluding diaryl/α,β-unsaturated/α-hetero) is 1. The van der Waals surface area contributed by atoms with Crippen LogP contribution in [0.5, 0.6) is 0 Å². The second-order valence-corrected chi connectivity index (χ2v) is 2.36. The van der Waals surface area contributed by atoms with Crippen molar-refractivity contribution in [1.29, 1.82) is 0 Å². The van der Waals surface area contributed by atoms with E-state index in [0.29, 0.717) is 5.56 Å². The van der Waals surface area contributed by atoms with Gasteiger partial charge in [-0.1, -0.05) is 30.3 Å². The van der Waals surface area contributed by atoms with Gasteiger partial charge in [-0.25, -0.2) is 0 Å². The summed E-state index contributed by atoms with van der Waals surface area (Å²) >= 11 is 0. The van der Waals surface area contributed by atoms with Gasteiger partial charge in [0, 0.05) is 24.4 Å². The van der Waals surface area contributed by atoms with Gasteiger partial charge in [-0.3, -0.25) is 9.59 Å². The van der Waals surface area contributed by atoms with Gasteiger partial charge in [0.25, 0.3) is 0 Å². The van der Waals surface area contributed by atoms with Crippen LogP contribution >= 0.6 is 0 Å². The summed E-state index contributed by atoms with van der Waals surface area (Å²) in [4.78, 5) is 21.2. The van der Waals surface area contributed by atoms with Gasteiger partial charge in [-0.15, -0.1) is 0 Å². The zero-order chi connectivity index (χ0) is 8.97. The van der Waals surface area contributed by atoms with E-state index < -0.39 is 12.4 Å². The van der Waals surface area contributed by atoms with Gasteiger partial charge in [0.2, 0.25) is 0 Å². The fraction of sp³-hybridized carbons (Fsp3) is 0.111. The molecule has 0 saturated carbocycles. The van der Waals surface area contributed by atoms with Crippen molar-refractivity contribution >= 4 is 30.6 Å². The first-order valence-electron chi connectivity index (χ1n) is 3.50. The predicted molar refractivity (Wildman–Crippen MR) is 48.8 cm³/mol. The van der Waals surface area contributed by atoms with Crippen LogP contribution in [0.2, 0.25) is 0 Å². The molecule has 0 saturated heterocycles. The summed E-state index contributed by atoms with van der Waals surface area (Å²) in [5.74, 6) is -1.45. The molecule has 3 nitrogen and oxygen atoms in total. The Morgan fingerprint density at radius 1 is 1.15 bits per heavy atom. The number of carboxylic acid groups (broad SMARTS) is 1. The van der Waals surface area contributed by atoms with Gasteiger partial charge in [0.15, 0.2) is 5.78 Å². The Hall–Kier alpha value is -1.04. The second kappa shape index (κ2) is 5.58. The molecule has 63 valence electrons. The van der Waals surface area contributed by atoms with Gasteiger partial charge in [0.1, 0.15) is 6.42 Å². The summed E-state index contributed by atoms with van der Waals surface area (Å²) < 4.78 is 0. The number of benzene rings is 1. The zero-order valence-corrected chi connectivity index (χ0v) is 7.36. The van der Waals surface area contributed by atoms with E-state index in [1.165, 1.54) is 0 Å². The monoisotopic (exact) mass is 171 g/mol. The molecule has 1 aromatic carbocycles. The van der Waals surface area contributed by atoms with E-state index in [0.717, 1.165) is 0 Å². The van der Waals surface area contributed by atoms with E-state index in [9.17, 15) is 9.59 Å². The third-order valence-corrected chi connectivity index (χ3v) is 1.41. The summed E-state index contributed by atoms with van der Waals surface area (Å²) in [6.45, 7) is 0. The first-order valence-corrected chi connectivity index (χ1v) is 3.50. The zero-order valence-electron chi connectivity index (χ0n) is 7.36. The quantitative estimate of drug-likeness (QED) is 0.418.